The number of carbonyl (C=O) groups excluding carboxylic acids is 1. The molecule has 0 radical (unpaired) electrons. The molecule has 1 fully saturated rings. The highest BCUT2D eigenvalue weighted by Gasteiger charge is 2.20. The SMILES string of the molecule is Cc1cccc(CC(=O)N2CCN(CCc3cccc(Cl)c3)CC2)c1. The molecular formula is C21H25ClN2O. The van der Waals surface area contributed by atoms with Gasteiger partial charge >= 0.3 is 0 Å². The molecule has 1 aliphatic rings. The van der Waals surface area contributed by atoms with Crippen molar-refractivity contribution in [2.45, 2.75) is 19.8 Å². The first-order valence-electron chi connectivity index (χ1n) is 8.90. The number of benzene rings is 2. The lowest BCUT2D eigenvalue weighted by atomic mass is 10.1. The molecule has 0 aliphatic carbocycles. The van der Waals surface area contributed by atoms with Crippen molar-refractivity contribution in [1.29, 1.82) is 0 Å². The summed E-state index contributed by atoms with van der Waals surface area (Å²) in [5.74, 6) is 0.236. The topological polar surface area (TPSA) is 23.6 Å². The van der Waals surface area contributed by atoms with E-state index in [1.165, 1.54) is 11.1 Å². The van der Waals surface area contributed by atoms with Crippen LogP contribution in [0.4, 0.5) is 0 Å². The monoisotopic (exact) mass is 356 g/mol. The van der Waals surface area contributed by atoms with Gasteiger partial charge in [-0.25, -0.2) is 0 Å². The summed E-state index contributed by atoms with van der Waals surface area (Å²) in [6.45, 7) is 6.60. The van der Waals surface area contributed by atoms with Gasteiger partial charge in [-0.15, -0.1) is 0 Å². The van der Waals surface area contributed by atoms with Crippen LogP contribution in [0.3, 0.4) is 0 Å². The van der Waals surface area contributed by atoms with Crippen molar-refractivity contribution in [1.82, 2.24) is 9.80 Å². The van der Waals surface area contributed by atoms with Crippen LogP contribution < -0.4 is 0 Å². The molecule has 3 nitrogen and oxygen atoms in total. The number of amides is 1. The Morgan fingerprint density at radius 2 is 1.72 bits per heavy atom. The Kier molecular flexibility index (Phi) is 6.11. The van der Waals surface area contributed by atoms with Crippen molar-refractivity contribution in [3.63, 3.8) is 0 Å². The number of carbonyl (C=O) groups is 1. The Hall–Kier alpha value is -1.84. The maximum Gasteiger partial charge on any atom is 0.227 e. The van der Waals surface area contributed by atoms with Gasteiger partial charge in [-0.2, -0.15) is 0 Å². The van der Waals surface area contributed by atoms with Gasteiger partial charge in [0.25, 0.3) is 0 Å². The van der Waals surface area contributed by atoms with E-state index in [-0.39, 0.29) is 5.91 Å². The Balaban J connectivity index is 1.44. The third-order valence-electron chi connectivity index (χ3n) is 4.77. The molecule has 2 aromatic rings. The zero-order valence-electron chi connectivity index (χ0n) is 14.7. The Labute approximate surface area is 155 Å². The number of aryl methyl sites for hydroxylation is 1. The molecule has 2 aromatic carbocycles. The van der Waals surface area contributed by atoms with Crippen molar-refractivity contribution >= 4 is 17.5 Å². The lowest BCUT2D eigenvalue weighted by Gasteiger charge is -2.34. The van der Waals surface area contributed by atoms with Crippen LogP contribution in [-0.2, 0) is 17.6 Å². The van der Waals surface area contributed by atoms with E-state index in [1.807, 2.05) is 35.2 Å². The van der Waals surface area contributed by atoms with E-state index in [0.29, 0.717) is 6.42 Å². The maximum atomic E-state index is 12.5. The summed E-state index contributed by atoms with van der Waals surface area (Å²) in [6.07, 6.45) is 1.50. The van der Waals surface area contributed by atoms with Crippen LogP contribution in [0.5, 0.6) is 0 Å². The first-order valence-corrected chi connectivity index (χ1v) is 9.28. The van der Waals surface area contributed by atoms with Gasteiger partial charge in [0.15, 0.2) is 0 Å². The summed E-state index contributed by atoms with van der Waals surface area (Å²) >= 11 is 6.04. The third kappa shape index (κ3) is 5.32. The second kappa shape index (κ2) is 8.50. The van der Waals surface area contributed by atoms with Crippen molar-refractivity contribution in [2.24, 2.45) is 0 Å². The summed E-state index contributed by atoms with van der Waals surface area (Å²) in [5.41, 5.74) is 3.58. The molecule has 0 atom stereocenters. The van der Waals surface area contributed by atoms with Gasteiger partial charge in [-0.1, -0.05) is 53.6 Å². The lowest BCUT2D eigenvalue weighted by Crippen LogP contribution is -2.49. The fourth-order valence-electron chi connectivity index (χ4n) is 3.31. The minimum absolute atomic E-state index is 0.236. The lowest BCUT2D eigenvalue weighted by molar-refractivity contribution is -0.132. The fraction of sp³-hybridized carbons (Fsp3) is 0.381. The summed E-state index contributed by atoms with van der Waals surface area (Å²) in [4.78, 5) is 16.9. The van der Waals surface area contributed by atoms with Crippen LogP contribution in [0, 0.1) is 6.92 Å². The minimum Gasteiger partial charge on any atom is -0.340 e. The van der Waals surface area contributed by atoms with Gasteiger partial charge in [0, 0.05) is 37.7 Å². The smallest absolute Gasteiger partial charge is 0.227 e. The van der Waals surface area contributed by atoms with E-state index in [2.05, 4.69) is 30.0 Å². The second-order valence-corrected chi connectivity index (χ2v) is 7.20. The van der Waals surface area contributed by atoms with E-state index in [0.717, 1.165) is 49.7 Å². The predicted octanol–water partition coefficient (Wildman–Crippen LogP) is 3.58. The molecule has 0 aromatic heterocycles. The van der Waals surface area contributed by atoms with Crippen molar-refractivity contribution in [2.75, 3.05) is 32.7 Å². The highest BCUT2D eigenvalue weighted by Crippen LogP contribution is 2.13. The highest BCUT2D eigenvalue weighted by atomic mass is 35.5. The molecule has 132 valence electrons. The average molecular weight is 357 g/mol. The third-order valence-corrected chi connectivity index (χ3v) is 5.00. The summed E-state index contributed by atoms with van der Waals surface area (Å²) in [7, 11) is 0. The van der Waals surface area contributed by atoms with Gasteiger partial charge in [0.1, 0.15) is 0 Å². The van der Waals surface area contributed by atoms with E-state index < -0.39 is 0 Å². The number of hydrogen-bond acceptors (Lipinski definition) is 2. The number of nitrogens with zero attached hydrogens (tertiary/aromatic N) is 2. The van der Waals surface area contributed by atoms with E-state index >= 15 is 0 Å². The van der Waals surface area contributed by atoms with Gasteiger partial charge in [0.05, 0.1) is 6.42 Å². The van der Waals surface area contributed by atoms with Gasteiger partial charge < -0.3 is 4.90 Å². The van der Waals surface area contributed by atoms with E-state index in [9.17, 15) is 4.79 Å². The number of piperazine rings is 1. The van der Waals surface area contributed by atoms with Crippen LogP contribution >= 0.6 is 11.6 Å². The number of halogens is 1. The molecule has 0 saturated carbocycles. The normalized spacial score (nSPS) is 15.4. The standard InChI is InChI=1S/C21H25ClN2O/c1-17-4-2-6-19(14-17)16-21(25)24-12-10-23(11-13-24)9-8-18-5-3-7-20(22)15-18/h2-7,14-15H,8-13,16H2,1H3. The molecule has 25 heavy (non-hydrogen) atoms. The van der Waals surface area contributed by atoms with Gasteiger partial charge in [-0.05, 0) is 36.6 Å². The molecule has 1 aliphatic heterocycles. The Morgan fingerprint density at radius 1 is 1.00 bits per heavy atom. The highest BCUT2D eigenvalue weighted by molar-refractivity contribution is 6.30. The molecule has 3 rings (SSSR count). The zero-order chi connectivity index (χ0) is 17.6. The molecule has 1 saturated heterocycles. The quantitative estimate of drug-likeness (QED) is 0.817. The molecule has 1 heterocycles. The number of hydrogen-bond donors (Lipinski definition) is 0. The predicted molar refractivity (Wildman–Crippen MR) is 103 cm³/mol. The van der Waals surface area contributed by atoms with Crippen molar-refractivity contribution < 1.29 is 4.79 Å². The van der Waals surface area contributed by atoms with Crippen molar-refractivity contribution in [3.8, 4) is 0 Å². The minimum atomic E-state index is 0.236. The first kappa shape index (κ1) is 18.0. The summed E-state index contributed by atoms with van der Waals surface area (Å²) in [6, 6.07) is 16.3. The molecule has 1 amide bonds. The van der Waals surface area contributed by atoms with Crippen LogP contribution in [0.25, 0.3) is 0 Å². The van der Waals surface area contributed by atoms with E-state index in [4.69, 9.17) is 11.6 Å². The number of rotatable bonds is 5. The van der Waals surface area contributed by atoms with Gasteiger partial charge in [-0.3, -0.25) is 9.69 Å². The van der Waals surface area contributed by atoms with Gasteiger partial charge in [0.2, 0.25) is 5.91 Å². The molecule has 0 spiro atoms. The summed E-state index contributed by atoms with van der Waals surface area (Å²) < 4.78 is 0. The first-order chi connectivity index (χ1) is 12.1. The molecule has 0 N–H and O–H groups in total. The Morgan fingerprint density at radius 3 is 2.44 bits per heavy atom. The van der Waals surface area contributed by atoms with Crippen LogP contribution in [0.15, 0.2) is 48.5 Å². The summed E-state index contributed by atoms with van der Waals surface area (Å²) in [5, 5.41) is 0.795. The van der Waals surface area contributed by atoms with E-state index in [1.54, 1.807) is 0 Å². The average Bonchev–Trinajstić information content (AvgIpc) is 2.60. The zero-order valence-corrected chi connectivity index (χ0v) is 15.5. The molecular weight excluding hydrogens is 332 g/mol. The molecule has 0 unspecified atom stereocenters. The largest absolute Gasteiger partial charge is 0.340 e. The van der Waals surface area contributed by atoms with Crippen LogP contribution in [0.2, 0.25) is 5.02 Å². The Bertz CT molecular complexity index is 723. The van der Waals surface area contributed by atoms with Crippen LogP contribution in [-0.4, -0.2) is 48.4 Å². The molecule has 0 bridgehead atoms. The van der Waals surface area contributed by atoms with Crippen LogP contribution in [0.1, 0.15) is 16.7 Å². The second-order valence-electron chi connectivity index (χ2n) is 6.77. The maximum absolute atomic E-state index is 12.5. The fourth-order valence-corrected chi connectivity index (χ4v) is 3.52. The molecule has 4 heteroatoms. The van der Waals surface area contributed by atoms with Crippen molar-refractivity contribution in [3.05, 3.63) is 70.2 Å².